The Balaban J connectivity index is 2.20. The van der Waals surface area contributed by atoms with Gasteiger partial charge in [-0.2, -0.15) is 11.8 Å². The second kappa shape index (κ2) is 7.31. The summed E-state index contributed by atoms with van der Waals surface area (Å²) in [4.78, 5) is 25.3. The van der Waals surface area contributed by atoms with Gasteiger partial charge in [-0.1, -0.05) is 28.1 Å². The first-order valence-electron chi connectivity index (χ1n) is 6.82. The van der Waals surface area contributed by atoms with Crippen molar-refractivity contribution in [3.63, 3.8) is 0 Å². The summed E-state index contributed by atoms with van der Waals surface area (Å²) in [6, 6.07) is 5.02. The zero-order chi connectivity index (χ0) is 15.4. The summed E-state index contributed by atoms with van der Waals surface area (Å²) in [5.74, 6) is -0.0869. The van der Waals surface area contributed by atoms with Crippen LogP contribution in [0.1, 0.15) is 24.0 Å². The third-order valence-corrected chi connectivity index (χ3v) is 5.11. The molecule has 1 heterocycles. The van der Waals surface area contributed by atoms with Gasteiger partial charge < -0.3 is 10.0 Å². The second-order valence-corrected chi connectivity index (χ2v) is 6.89. The van der Waals surface area contributed by atoms with E-state index in [0.717, 1.165) is 27.8 Å². The van der Waals surface area contributed by atoms with Crippen LogP contribution >= 0.6 is 27.7 Å². The largest absolute Gasteiger partial charge is 0.480 e. The molecule has 1 amide bonds. The summed E-state index contributed by atoms with van der Waals surface area (Å²) in [6.07, 6.45) is 3.56. The van der Waals surface area contributed by atoms with E-state index >= 15 is 0 Å². The summed E-state index contributed by atoms with van der Waals surface area (Å²) < 4.78 is 0.917. The van der Waals surface area contributed by atoms with E-state index in [1.807, 2.05) is 24.5 Å². The minimum absolute atomic E-state index is 0.0675. The van der Waals surface area contributed by atoms with E-state index in [-0.39, 0.29) is 5.91 Å². The van der Waals surface area contributed by atoms with Gasteiger partial charge in [-0.15, -0.1) is 0 Å². The number of aliphatic carboxylic acids is 1. The number of nitrogens with zero attached hydrogens (tertiary/aromatic N) is 1. The van der Waals surface area contributed by atoms with Crippen LogP contribution in [0, 0.1) is 0 Å². The first kappa shape index (κ1) is 16.4. The highest BCUT2D eigenvalue weighted by Crippen LogP contribution is 2.30. The predicted molar refractivity (Wildman–Crippen MR) is 87.4 cm³/mol. The Bertz CT molecular complexity index is 550. The van der Waals surface area contributed by atoms with Crippen molar-refractivity contribution in [1.29, 1.82) is 0 Å². The van der Waals surface area contributed by atoms with Crippen LogP contribution < -0.4 is 0 Å². The number of amides is 1. The molecule has 0 radical (unpaired) electrons. The van der Waals surface area contributed by atoms with Gasteiger partial charge in [0, 0.05) is 23.9 Å². The number of thioether (sulfide) groups is 1. The first-order valence-corrected chi connectivity index (χ1v) is 9.00. The number of hydrogen-bond acceptors (Lipinski definition) is 3. The molecule has 0 saturated carbocycles. The van der Waals surface area contributed by atoms with Crippen LogP contribution in [0.2, 0.25) is 0 Å². The normalized spacial score (nSPS) is 17.4. The lowest BCUT2D eigenvalue weighted by molar-refractivity contribution is -0.151. The average Bonchev–Trinajstić information content (AvgIpc) is 2.46. The Morgan fingerprint density at radius 1 is 1.48 bits per heavy atom. The van der Waals surface area contributed by atoms with E-state index in [2.05, 4.69) is 15.9 Å². The fourth-order valence-electron chi connectivity index (χ4n) is 2.57. The number of carboxylic acids is 1. The standard InChI is InChI=1S/C15H18BrNO3S/c1-21-7-3-6-14(18)17-9-10-4-2-5-12(16)11(10)8-13(17)15(19)20/h2,4-5,13H,3,6-9H2,1H3,(H,19,20). The van der Waals surface area contributed by atoms with Crippen molar-refractivity contribution in [3.8, 4) is 0 Å². The van der Waals surface area contributed by atoms with E-state index in [0.29, 0.717) is 19.4 Å². The Morgan fingerprint density at radius 3 is 2.90 bits per heavy atom. The summed E-state index contributed by atoms with van der Waals surface area (Å²) >= 11 is 5.16. The number of halogens is 1. The minimum Gasteiger partial charge on any atom is -0.480 e. The Morgan fingerprint density at radius 2 is 2.24 bits per heavy atom. The summed E-state index contributed by atoms with van der Waals surface area (Å²) in [5, 5.41) is 9.43. The molecule has 1 aliphatic rings. The zero-order valence-corrected chi connectivity index (χ0v) is 14.2. The fourth-order valence-corrected chi connectivity index (χ4v) is 3.57. The molecule has 1 N–H and O–H groups in total. The van der Waals surface area contributed by atoms with Crippen molar-refractivity contribution < 1.29 is 14.7 Å². The van der Waals surface area contributed by atoms with Gasteiger partial charge in [0.25, 0.3) is 0 Å². The number of carboxylic acid groups (broad SMARTS) is 1. The lowest BCUT2D eigenvalue weighted by Crippen LogP contribution is -2.48. The zero-order valence-electron chi connectivity index (χ0n) is 11.8. The van der Waals surface area contributed by atoms with Crippen LogP contribution in [0.5, 0.6) is 0 Å². The topological polar surface area (TPSA) is 57.6 Å². The van der Waals surface area contributed by atoms with Crippen LogP contribution in [0.4, 0.5) is 0 Å². The molecule has 1 unspecified atom stereocenters. The summed E-state index contributed by atoms with van der Waals surface area (Å²) in [6.45, 7) is 0.379. The molecule has 21 heavy (non-hydrogen) atoms. The number of carbonyl (C=O) groups excluding carboxylic acids is 1. The highest BCUT2D eigenvalue weighted by molar-refractivity contribution is 9.10. The maximum Gasteiger partial charge on any atom is 0.326 e. The van der Waals surface area contributed by atoms with Crippen LogP contribution in [-0.2, 0) is 22.6 Å². The SMILES string of the molecule is CSCCCC(=O)N1Cc2cccc(Br)c2CC1C(=O)O. The number of carbonyl (C=O) groups is 2. The number of hydrogen-bond donors (Lipinski definition) is 1. The Kier molecular flexibility index (Phi) is 5.70. The van der Waals surface area contributed by atoms with Crippen molar-refractivity contribution in [2.24, 2.45) is 0 Å². The highest BCUT2D eigenvalue weighted by atomic mass is 79.9. The molecule has 1 aromatic rings. The highest BCUT2D eigenvalue weighted by Gasteiger charge is 2.34. The van der Waals surface area contributed by atoms with Gasteiger partial charge in [0.2, 0.25) is 5.91 Å². The van der Waals surface area contributed by atoms with Gasteiger partial charge in [-0.05, 0) is 35.6 Å². The van der Waals surface area contributed by atoms with Crippen LogP contribution in [0.15, 0.2) is 22.7 Å². The molecule has 0 aliphatic carbocycles. The molecule has 1 aliphatic heterocycles. The third kappa shape index (κ3) is 3.80. The van der Waals surface area contributed by atoms with Crippen molar-refractivity contribution in [2.75, 3.05) is 12.0 Å². The van der Waals surface area contributed by atoms with Crippen LogP contribution in [-0.4, -0.2) is 39.9 Å². The van der Waals surface area contributed by atoms with Crippen molar-refractivity contribution in [3.05, 3.63) is 33.8 Å². The fraction of sp³-hybridized carbons (Fsp3) is 0.467. The van der Waals surface area contributed by atoms with Gasteiger partial charge in [0.15, 0.2) is 0 Å². The molecule has 2 rings (SSSR count). The molecular weight excluding hydrogens is 354 g/mol. The molecule has 0 saturated heterocycles. The maximum absolute atomic E-state index is 12.3. The lowest BCUT2D eigenvalue weighted by atomic mass is 9.93. The van der Waals surface area contributed by atoms with E-state index in [1.54, 1.807) is 11.8 Å². The van der Waals surface area contributed by atoms with Crippen LogP contribution in [0.3, 0.4) is 0 Å². The van der Waals surface area contributed by atoms with Crippen molar-refractivity contribution in [1.82, 2.24) is 4.90 Å². The minimum atomic E-state index is -0.936. The van der Waals surface area contributed by atoms with E-state index in [4.69, 9.17) is 0 Å². The molecule has 0 fully saturated rings. The maximum atomic E-state index is 12.3. The van der Waals surface area contributed by atoms with E-state index in [1.165, 1.54) is 4.90 Å². The summed E-state index contributed by atoms with van der Waals surface area (Å²) in [7, 11) is 0. The van der Waals surface area contributed by atoms with E-state index < -0.39 is 12.0 Å². The number of fused-ring (bicyclic) bond motifs is 1. The van der Waals surface area contributed by atoms with Gasteiger partial charge in [-0.25, -0.2) is 4.79 Å². The second-order valence-electron chi connectivity index (χ2n) is 5.05. The molecule has 6 heteroatoms. The Labute approximate surface area is 137 Å². The molecule has 1 atom stereocenters. The third-order valence-electron chi connectivity index (χ3n) is 3.67. The predicted octanol–water partition coefficient (Wildman–Crippen LogP) is 2.93. The Hall–Kier alpha value is -1.01. The summed E-state index contributed by atoms with van der Waals surface area (Å²) in [5.41, 5.74) is 2.03. The quantitative estimate of drug-likeness (QED) is 0.808. The van der Waals surface area contributed by atoms with Crippen LogP contribution in [0.25, 0.3) is 0 Å². The van der Waals surface area contributed by atoms with E-state index in [9.17, 15) is 14.7 Å². The number of benzene rings is 1. The van der Waals surface area contributed by atoms with Gasteiger partial charge in [-0.3, -0.25) is 4.79 Å². The number of rotatable bonds is 5. The molecule has 0 spiro atoms. The van der Waals surface area contributed by atoms with Crippen molar-refractivity contribution in [2.45, 2.75) is 31.8 Å². The molecule has 114 valence electrons. The van der Waals surface area contributed by atoms with Gasteiger partial charge in [0.1, 0.15) is 6.04 Å². The molecule has 4 nitrogen and oxygen atoms in total. The molecule has 0 aromatic heterocycles. The lowest BCUT2D eigenvalue weighted by Gasteiger charge is -2.35. The van der Waals surface area contributed by atoms with Crippen molar-refractivity contribution >= 4 is 39.6 Å². The molecule has 0 bridgehead atoms. The molecule has 1 aromatic carbocycles. The van der Waals surface area contributed by atoms with Gasteiger partial charge in [0.05, 0.1) is 0 Å². The first-order chi connectivity index (χ1) is 10.0. The molecular formula is C15H18BrNO3S. The van der Waals surface area contributed by atoms with Gasteiger partial charge >= 0.3 is 5.97 Å². The smallest absolute Gasteiger partial charge is 0.326 e. The average molecular weight is 372 g/mol. The monoisotopic (exact) mass is 371 g/mol.